The van der Waals surface area contributed by atoms with Crippen molar-refractivity contribution in [1.82, 2.24) is 10.6 Å². The summed E-state index contributed by atoms with van der Waals surface area (Å²) in [7, 11) is 0. The molecule has 0 rings (SSSR count). The molecule has 98 valence electrons. The molecule has 0 saturated heterocycles. The van der Waals surface area contributed by atoms with Crippen molar-refractivity contribution in [2.24, 2.45) is 11.1 Å². The van der Waals surface area contributed by atoms with Crippen LogP contribution in [0.1, 0.15) is 27.2 Å². The first-order valence-electron chi connectivity index (χ1n) is 5.53. The highest BCUT2D eigenvalue weighted by atomic mass is 16.2. The Balaban J connectivity index is 4.48. The molecule has 2 amide bonds. The van der Waals surface area contributed by atoms with E-state index in [9.17, 15) is 14.4 Å². The van der Waals surface area contributed by atoms with E-state index in [-0.39, 0.29) is 12.3 Å². The van der Waals surface area contributed by atoms with Gasteiger partial charge in [-0.05, 0) is 13.0 Å². The van der Waals surface area contributed by atoms with Crippen LogP contribution in [0, 0.1) is 5.41 Å². The Labute approximate surface area is 101 Å². The summed E-state index contributed by atoms with van der Waals surface area (Å²) in [5.41, 5.74) is 4.87. The lowest BCUT2D eigenvalue weighted by Gasteiger charge is -2.25. The zero-order chi connectivity index (χ0) is 13.5. The van der Waals surface area contributed by atoms with E-state index >= 15 is 0 Å². The predicted octanol–water partition coefficient (Wildman–Crippen LogP) is -0.819. The summed E-state index contributed by atoms with van der Waals surface area (Å²) in [6.45, 7) is 5.54. The Bertz CT molecular complexity index is 284. The maximum Gasteiger partial charge on any atom is 0.239 e. The molecule has 0 aliphatic carbocycles. The Morgan fingerprint density at radius 2 is 1.94 bits per heavy atom. The number of hydrogen-bond acceptors (Lipinski definition) is 4. The number of Topliss-reactive ketones (excluding diaryl/α,β-unsaturated/α-hetero) is 1. The Hall–Kier alpha value is -1.43. The molecule has 4 N–H and O–H groups in total. The average Bonchev–Trinajstić information content (AvgIpc) is 2.23. The lowest BCUT2D eigenvalue weighted by atomic mass is 9.85. The smallest absolute Gasteiger partial charge is 0.239 e. The van der Waals surface area contributed by atoms with Crippen LogP contribution in [-0.4, -0.2) is 37.2 Å². The van der Waals surface area contributed by atoms with E-state index in [1.165, 1.54) is 0 Å². The van der Waals surface area contributed by atoms with Gasteiger partial charge in [-0.3, -0.25) is 14.4 Å². The Kier molecular flexibility index (Phi) is 6.42. The van der Waals surface area contributed by atoms with Crippen molar-refractivity contribution in [3.63, 3.8) is 0 Å². The molecule has 1 atom stereocenters. The number of nitrogens with one attached hydrogen (secondary N) is 2. The second-order valence-electron chi connectivity index (χ2n) is 4.81. The van der Waals surface area contributed by atoms with E-state index < -0.39 is 17.4 Å². The fourth-order valence-corrected chi connectivity index (χ4v) is 1.34. The molecule has 0 radical (unpaired) electrons. The lowest BCUT2D eigenvalue weighted by molar-refractivity contribution is -0.132. The largest absolute Gasteiger partial charge is 0.350 e. The summed E-state index contributed by atoms with van der Waals surface area (Å²) in [6.07, 6.45) is 0.825. The molecule has 0 spiro atoms. The van der Waals surface area contributed by atoms with Crippen molar-refractivity contribution in [2.75, 3.05) is 13.1 Å². The first kappa shape index (κ1) is 15.6. The third-order valence-electron chi connectivity index (χ3n) is 2.19. The van der Waals surface area contributed by atoms with E-state index in [1.807, 2.05) is 0 Å². The molecule has 17 heavy (non-hydrogen) atoms. The van der Waals surface area contributed by atoms with Gasteiger partial charge in [0.05, 0.1) is 12.6 Å². The molecule has 0 aliphatic rings. The lowest BCUT2D eigenvalue weighted by Crippen LogP contribution is -2.48. The van der Waals surface area contributed by atoms with E-state index in [0.29, 0.717) is 19.4 Å². The number of ketones is 1. The summed E-state index contributed by atoms with van der Waals surface area (Å²) in [5.74, 6) is -0.462. The molecule has 0 aromatic heterocycles. The summed E-state index contributed by atoms with van der Waals surface area (Å²) < 4.78 is 0. The average molecular weight is 243 g/mol. The number of hydrogen-bond donors (Lipinski definition) is 3. The molecule has 0 bridgehead atoms. The van der Waals surface area contributed by atoms with Crippen LogP contribution in [0.15, 0.2) is 0 Å². The Morgan fingerprint density at radius 3 is 2.35 bits per heavy atom. The van der Waals surface area contributed by atoms with Gasteiger partial charge >= 0.3 is 0 Å². The number of rotatable bonds is 7. The summed E-state index contributed by atoms with van der Waals surface area (Å²) in [6, 6.07) is -0.596. The molecule has 0 aromatic rings. The van der Waals surface area contributed by atoms with Gasteiger partial charge in [0.25, 0.3) is 0 Å². The summed E-state index contributed by atoms with van der Waals surface area (Å²) in [4.78, 5) is 33.4. The number of carbonyl (C=O) groups excluding carboxylic acids is 3. The second kappa shape index (κ2) is 7.01. The highest BCUT2D eigenvalue weighted by Gasteiger charge is 2.29. The van der Waals surface area contributed by atoms with Crippen molar-refractivity contribution < 1.29 is 14.4 Å². The predicted molar refractivity (Wildman–Crippen MR) is 64.1 cm³/mol. The van der Waals surface area contributed by atoms with Crippen molar-refractivity contribution in [3.8, 4) is 0 Å². The van der Waals surface area contributed by atoms with E-state index in [0.717, 1.165) is 0 Å². The monoisotopic (exact) mass is 243 g/mol. The van der Waals surface area contributed by atoms with Crippen molar-refractivity contribution >= 4 is 18.1 Å². The van der Waals surface area contributed by atoms with Crippen molar-refractivity contribution in [1.29, 1.82) is 0 Å². The maximum absolute atomic E-state index is 12.0. The van der Waals surface area contributed by atoms with E-state index in [2.05, 4.69) is 10.6 Å². The van der Waals surface area contributed by atoms with Crippen LogP contribution in [0.2, 0.25) is 0 Å². The SMILES string of the molecule is CC(C)(C)C(=O)C(CCN)NC(=O)CNC=O. The third-order valence-corrected chi connectivity index (χ3v) is 2.19. The van der Waals surface area contributed by atoms with Gasteiger partial charge in [-0.2, -0.15) is 0 Å². The van der Waals surface area contributed by atoms with Gasteiger partial charge in [-0.25, -0.2) is 0 Å². The molecular formula is C11H21N3O3. The number of amides is 2. The van der Waals surface area contributed by atoms with Gasteiger partial charge in [-0.1, -0.05) is 20.8 Å². The van der Waals surface area contributed by atoms with Crippen LogP contribution < -0.4 is 16.4 Å². The van der Waals surface area contributed by atoms with Gasteiger partial charge in [0, 0.05) is 5.41 Å². The first-order chi connectivity index (χ1) is 7.82. The topological polar surface area (TPSA) is 101 Å². The zero-order valence-corrected chi connectivity index (χ0v) is 10.6. The summed E-state index contributed by atoms with van der Waals surface area (Å²) in [5, 5.41) is 4.81. The standard InChI is InChI=1S/C11H21N3O3/c1-11(2,3)10(17)8(4-5-12)14-9(16)6-13-7-15/h7-8H,4-6,12H2,1-3H3,(H,13,15)(H,14,16). The highest BCUT2D eigenvalue weighted by Crippen LogP contribution is 2.17. The zero-order valence-electron chi connectivity index (χ0n) is 10.6. The van der Waals surface area contributed by atoms with Gasteiger partial charge in [0.1, 0.15) is 0 Å². The van der Waals surface area contributed by atoms with Crippen LogP contribution in [0.3, 0.4) is 0 Å². The molecular weight excluding hydrogens is 222 g/mol. The van der Waals surface area contributed by atoms with E-state index in [4.69, 9.17) is 5.73 Å². The minimum atomic E-state index is -0.596. The van der Waals surface area contributed by atoms with Gasteiger partial charge in [-0.15, -0.1) is 0 Å². The van der Waals surface area contributed by atoms with Crippen molar-refractivity contribution in [2.45, 2.75) is 33.2 Å². The van der Waals surface area contributed by atoms with Gasteiger partial charge in [0.2, 0.25) is 12.3 Å². The van der Waals surface area contributed by atoms with Gasteiger partial charge in [0.15, 0.2) is 5.78 Å². The minimum absolute atomic E-state index is 0.0672. The molecule has 0 aromatic carbocycles. The van der Waals surface area contributed by atoms with Crippen LogP contribution in [0.5, 0.6) is 0 Å². The van der Waals surface area contributed by atoms with Crippen molar-refractivity contribution in [3.05, 3.63) is 0 Å². The molecule has 0 heterocycles. The molecule has 0 fully saturated rings. The van der Waals surface area contributed by atoms with Crippen LogP contribution >= 0.6 is 0 Å². The fourth-order valence-electron chi connectivity index (χ4n) is 1.34. The molecule has 1 unspecified atom stereocenters. The van der Waals surface area contributed by atoms with Crippen LogP contribution in [-0.2, 0) is 14.4 Å². The Morgan fingerprint density at radius 1 is 1.35 bits per heavy atom. The number of nitrogens with two attached hydrogens (primary N) is 1. The molecule has 6 nitrogen and oxygen atoms in total. The summed E-state index contributed by atoms with van der Waals surface area (Å²) >= 11 is 0. The molecule has 6 heteroatoms. The van der Waals surface area contributed by atoms with Crippen LogP contribution in [0.25, 0.3) is 0 Å². The minimum Gasteiger partial charge on any atom is -0.350 e. The van der Waals surface area contributed by atoms with Gasteiger partial charge < -0.3 is 16.4 Å². The molecule has 0 saturated carbocycles. The third kappa shape index (κ3) is 6.01. The highest BCUT2D eigenvalue weighted by molar-refractivity contribution is 5.93. The first-order valence-corrected chi connectivity index (χ1v) is 5.53. The quantitative estimate of drug-likeness (QED) is 0.508. The second-order valence-corrected chi connectivity index (χ2v) is 4.81. The van der Waals surface area contributed by atoms with E-state index in [1.54, 1.807) is 20.8 Å². The number of carbonyl (C=O) groups is 3. The fraction of sp³-hybridized carbons (Fsp3) is 0.727. The molecule has 0 aliphatic heterocycles. The maximum atomic E-state index is 12.0. The van der Waals surface area contributed by atoms with Crippen LogP contribution in [0.4, 0.5) is 0 Å². The normalized spacial score (nSPS) is 12.7.